The Morgan fingerprint density at radius 3 is 1.83 bits per heavy atom. The van der Waals surface area contributed by atoms with E-state index >= 15 is 0 Å². The lowest BCUT2D eigenvalue weighted by Crippen LogP contribution is -1.79. The van der Waals surface area contributed by atoms with Crippen molar-refractivity contribution >= 4 is 0 Å². The highest BCUT2D eigenvalue weighted by atomic mass is 19.1. The van der Waals surface area contributed by atoms with E-state index in [1.807, 2.05) is 27.7 Å². The van der Waals surface area contributed by atoms with E-state index in [4.69, 9.17) is 0 Å². The van der Waals surface area contributed by atoms with Crippen molar-refractivity contribution < 1.29 is 13.2 Å². The smallest absolute Gasteiger partial charge is 0.123 e. The van der Waals surface area contributed by atoms with Gasteiger partial charge in [-0.3, -0.25) is 0 Å². The van der Waals surface area contributed by atoms with Crippen LogP contribution >= 0.6 is 0 Å². The SMILES string of the molecule is CC#CC.CC/C(C)=C(\F)C/C=C(\C)F.Cc1ccc(F)cc1. The zero-order valence-electron chi connectivity index (χ0n) is 14.9. The molecule has 0 saturated carbocycles. The van der Waals surface area contributed by atoms with E-state index in [0.29, 0.717) is 12.0 Å². The average Bonchev–Trinajstić information content (AvgIpc) is 2.55. The number of allylic oxidation sites excluding steroid dienone is 4. The summed E-state index contributed by atoms with van der Waals surface area (Å²) in [6.45, 7) is 10.5. The molecular weight excluding hydrogens is 297 g/mol. The molecule has 0 spiro atoms. The minimum atomic E-state index is -0.330. The molecular formula is C20H27F3. The first kappa shape index (κ1) is 23.3. The lowest BCUT2D eigenvalue weighted by atomic mass is 10.2. The number of benzene rings is 1. The summed E-state index contributed by atoms with van der Waals surface area (Å²) >= 11 is 0. The molecule has 0 amide bonds. The van der Waals surface area contributed by atoms with E-state index in [-0.39, 0.29) is 23.9 Å². The molecule has 1 aromatic rings. The van der Waals surface area contributed by atoms with Crippen LogP contribution in [-0.4, -0.2) is 0 Å². The minimum absolute atomic E-state index is 0.0853. The highest BCUT2D eigenvalue weighted by Gasteiger charge is 1.97. The second-order valence-corrected chi connectivity index (χ2v) is 4.83. The molecule has 0 fully saturated rings. The fraction of sp³-hybridized carbons (Fsp3) is 0.400. The van der Waals surface area contributed by atoms with Crippen molar-refractivity contribution in [2.24, 2.45) is 0 Å². The summed E-state index contributed by atoms with van der Waals surface area (Å²) in [7, 11) is 0. The van der Waals surface area contributed by atoms with Crippen molar-refractivity contribution in [2.45, 2.75) is 54.4 Å². The molecule has 0 aromatic heterocycles. The summed E-state index contributed by atoms with van der Waals surface area (Å²) in [4.78, 5) is 0. The van der Waals surface area contributed by atoms with E-state index in [1.165, 1.54) is 25.1 Å². The van der Waals surface area contributed by atoms with Crippen molar-refractivity contribution in [3.05, 3.63) is 58.9 Å². The maximum absolute atomic E-state index is 12.8. The Morgan fingerprint density at radius 2 is 1.52 bits per heavy atom. The van der Waals surface area contributed by atoms with Crippen LogP contribution in [0.2, 0.25) is 0 Å². The molecule has 0 unspecified atom stereocenters. The Hall–Kier alpha value is -1.95. The van der Waals surface area contributed by atoms with Crippen LogP contribution in [0.4, 0.5) is 13.2 Å². The van der Waals surface area contributed by atoms with Gasteiger partial charge in [0.2, 0.25) is 0 Å². The second-order valence-electron chi connectivity index (χ2n) is 4.83. The van der Waals surface area contributed by atoms with Crippen molar-refractivity contribution in [1.82, 2.24) is 0 Å². The molecule has 0 saturated heterocycles. The predicted octanol–water partition coefficient (Wildman–Crippen LogP) is 7.07. The van der Waals surface area contributed by atoms with Gasteiger partial charge in [0, 0.05) is 6.42 Å². The van der Waals surface area contributed by atoms with Gasteiger partial charge in [0.05, 0.1) is 5.83 Å². The molecule has 0 aliphatic carbocycles. The number of aryl methyl sites for hydroxylation is 1. The van der Waals surface area contributed by atoms with E-state index < -0.39 is 0 Å². The number of hydrogen-bond donors (Lipinski definition) is 0. The summed E-state index contributed by atoms with van der Waals surface area (Å²) < 4.78 is 37.0. The first-order valence-electron chi connectivity index (χ1n) is 7.50. The molecule has 0 aliphatic rings. The van der Waals surface area contributed by atoms with Gasteiger partial charge in [-0.25, -0.2) is 13.2 Å². The molecule has 0 N–H and O–H groups in total. The topological polar surface area (TPSA) is 0 Å². The molecule has 0 heterocycles. The Labute approximate surface area is 139 Å². The van der Waals surface area contributed by atoms with Crippen LogP contribution in [0.1, 0.15) is 53.0 Å². The summed E-state index contributed by atoms with van der Waals surface area (Å²) in [5.41, 5.74) is 1.79. The normalized spacial score (nSPS) is 10.9. The zero-order chi connectivity index (χ0) is 18.3. The summed E-state index contributed by atoms with van der Waals surface area (Å²) in [6, 6.07) is 6.40. The second kappa shape index (κ2) is 15.0. The van der Waals surface area contributed by atoms with Crippen molar-refractivity contribution in [3.8, 4) is 11.8 Å². The highest BCUT2D eigenvalue weighted by molar-refractivity contribution is 5.13. The molecule has 3 heteroatoms. The minimum Gasteiger partial charge on any atom is -0.212 e. The fourth-order valence-electron chi connectivity index (χ4n) is 1.13. The van der Waals surface area contributed by atoms with Crippen LogP contribution in [0.5, 0.6) is 0 Å². The molecule has 23 heavy (non-hydrogen) atoms. The van der Waals surface area contributed by atoms with Gasteiger partial charge >= 0.3 is 0 Å². The van der Waals surface area contributed by atoms with Gasteiger partial charge in [0.15, 0.2) is 0 Å². The molecule has 0 atom stereocenters. The van der Waals surface area contributed by atoms with E-state index in [1.54, 1.807) is 19.1 Å². The average molecular weight is 324 g/mol. The largest absolute Gasteiger partial charge is 0.212 e. The third-order valence-electron chi connectivity index (χ3n) is 2.82. The van der Waals surface area contributed by atoms with Crippen LogP contribution in [-0.2, 0) is 0 Å². The van der Waals surface area contributed by atoms with Crippen LogP contribution in [0.25, 0.3) is 0 Å². The Morgan fingerprint density at radius 1 is 1.04 bits per heavy atom. The van der Waals surface area contributed by atoms with Crippen LogP contribution < -0.4 is 0 Å². The molecule has 1 rings (SSSR count). The van der Waals surface area contributed by atoms with Crippen molar-refractivity contribution in [1.29, 1.82) is 0 Å². The Kier molecular flexibility index (Phi) is 15.2. The molecule has 0 aliphatic heterocycles. The summed E-state index contributed by atoms with van der Waals surface area (Å²) in [5.74, 6) is 4.64. The van der Waals surface area contributed by atoms with E-state index in [0.717, 1.165) is 5.56 Å². The predicted molar refractivity (Wildman–Crippen MR) is 93.8 cm³/mol. The number of halogens is 3. The van der Waals surface area contributed by atoms with Gasteiger partial charge in [-0.15, -0.1) is 11.8 Å². The van der Waals surface area contributed by atoms with Crippen molar-refractivity contribution in [2.75, 3.05) is 0 Å². The third-order valence-corrected chi connectivity index (χ3v) is 2.82. The van der Waals surface area contributed by atoms with Gasteiger partial charge in [-0.05, 0) is 64.8 Å². The zero-order valence-corrected chi connectivity index (χ0v) is 14.9. The standard InChI is InChI=1S/C9H14F2.C7H7F.C4H6/c1-4-7(2)9(11)6-5-8(3)10;1-6-2-4-7(8)5-3-6;1-3-4-2/h5H,4,6H2,1-3H3;2-5H,1H3;1-2H3/b8-5+,9-7-;;. The first-order valence-corrected chi connectivity index (χ1v) is 7.50. The maximum atomic E-state index is 12.8. The molecule has 0 radical (unpaired) electrons. The van der Waals surface area contributed by atoms with Crippen molar-refractivity contribution in [3.63, 3.8) is 0 Å². The third kappa shape index (κ3) is 16.2. The fourth-order valence-corrected chi connectivity index (χ4v) is 1.13. The lowest BCUT2D eigenvalue weighted by molar-refractivity contribution is 0.586. The van der Waals surface area contributed by atoms with Gasteiger partial charge in [0.25, 0.3) is 0 Å². The van der Waals surface area contributed by atoms with Gasteiger partial charge in [0.1, 0.15) is 11.6 Å². The van der Waals surface area contributed by atoms with Gasteiger partial charge in [-0.1, -0.05) is 24.6 Å². The molecule has 1 aromatic carbocycles. The Balaban J connectivity index is 0. The molecule has 0 bridgehead atoms. The van der Waals surface area contributed by atoms with Crippen LogP contribution in [0.3, 0.4) is 0 Å². The number of hydrogen-bond acceptors (Lipinski definition) is 0. The molecule has 0 nitrogen and oxygen atoms in total. The summed E-state index contributed by atoms with van der Waals surface area (Å²) in [6.07, 6.45) is 2.02. The van der Waals surface area contributed by atoms with Gasteiger partial charge < -0.3 is 0 Å². The number of rotatable bonds is 3. The first-order chi connectivity index (χ1) is 10.8. The molecule has 128 valence electrons. The van der Waals surface area contributed by atoms with Crippen LogP contribution in [0.15, 0.2) is 47.6 Å². The Bertz CT molecular complexity index is 509. The highest BCUT2D eigenvalue weighted by Crippen LogP contribution is 2.14. The summed E-state index contributed by atoms with van der Waals surface area (Å²) in [5, 5.41) is 0. The lowest BCUT2D eigenvalue weighted by Gasteiger charge is -1.97. The quantitative estimate of drug-likeness (QED) is 0.522. The van der Waals surface area contributed by atoms with Gasteiger partial charge in [-0.2, -0.15) is 0 Å². The van der Waals surface area contributed by atoms with E-state index in [9.17, 15) is 13.2 Å². The maximum Gasteiger partial charge on any atom is 0.123 e. The van der Waals surface area contributed by atoms with Crippen LogP contribution in [0, 0.1) is 24.6 Å². The monoisotopic (exact) mass is 324 g/mol. The van der Waals surface area contributed by atoms with E-state index in [2.05, 4.69) is 11.8 Å².